The van der Waals surface area contributed by atoms with Crippen molar-refractivity contribution in [2.24, 2.45) is 0 Å². The molecule has 3 amide bonds. The maximum absolute atomic E-state index is 12.8. The first-order chi connectivity index (χ1) is 14.5. The van der Waals surface area contributed by atoms with Crippen LogP contribution in [0.4, 0.5) is 0 Å². The summed E-state index contributed by atoms with van der Waals surface area (Å²) >= 11 is 0. The monoisotopic (exact) mass is 405 g/mol. The van der Waals surface area contributed by atoms with E-state index in [1.54, 1.807) is 24.3 Å². The second-order valence-electron chi connectivity index (χ2n) is 7.99. The molecule has 6 heteroatoms. The van der Waals surface area contributed by atoms with Crippen LogP contribution in [-0.4, -0.2) is 65.1 Å². The standard InChI is InChI=1S/C24H27N3O3/c1-18-7-2-3-8-19(18)17-25-12-6-13-26(16-15-25)22(28)11-14-27-23(29)20-9-4-5-10-21(20)24(27)30/h2-5,7-10H,6,11-17H2,1H3. The van der Waals surface area contributed by atoms with E-state index in [0.29, 0.717) is 24.2 Å². The molecule has 0 atom stereocenters. The second-order valence-corrected chi connectivity index (χ2v) is 7.99. The lowest BCUT2D eigenvalue weighted by molar-refractivity contribution is -0.131. The predicted octanol–water partition coefficient (Wildman–Crippen LogP) is 2.72. The minimum Gasteiger partial charge on any atom is -0.341 e. The van der Waals surface area contributed by atoms with Gasteiger partial charge < -0.3 is 4.90 Å². The van der Waals surface area contributed by atoms with Gasteiger partial charge in [0.25, 0.3) is 11.8 Å². The lowest BCUT2D eigenvalue weighted by Crippen LogP contribution is -2.38. The topological polar surface area (TPSA) is 60.9 Å². The van der Waals surface area contributed by atoms with Crippen LogP contribution in [0.15, 0.2) is 48.5 Å². The first-order valence-corrected chi connectivity index (χ1v) is 10.5. The number of nitrogens with zero attached hydrogens (tertiary/aromatic N) is 3. The van der Waals surface area contributed by atoms with Crippen LogP contribution < -0.4 is 0 Å². The molecule has 0 spiro atoms. The van der Waals surface area contributed by atoms with E-state index in [1.165, 1.54) is 16.0 Å². The van der Waals surface area contributed by atoms with Crippen molar-refractivity contribution in [2.75, 3.05) is 32.7 Å². The highest BCUT2D eigenvalue weighted by Crippen LogP contribution is 2.22. The molecule has 30 heavy (non-hydrogen) atoms. The minimum atomic E-state index is -0.302. The van der Waals surface area contributed by atoms with Crippen LogP contribution in [0, 0.1) is 6.92 Å². The molecular weight excluding hydrogens is 378 g/mol. The summed E-state index contributed by atoms with van der Waals surface area (Å²) in [5.74, 6) is -0.600. The van der Waals surface area contributed by atoms with E-state index < -0.39 is 0 Å². The number of hydrogen-bond donors (Lipinski definition) is 0. The Labute approximate surface area is 177 Å². The molecule has 2 aromatic rings. The molecule has 1 saturated heterocycles. The summed E-state index contributed by atoms with van der Waals surface area (Å²) < 4.78 is 0. The second kappa shape index (κ2) is 8.79. The molecule has 2 aliphatic heterocycles. The molecule has 2 heterocycles. The fourth-order valence-corrected chi connectivity index (χ4v) is 4.21. The third kappa shape index (κ3) is 4.14. The van der Waals surface area contributed by atoms with Crippen molar-refractivity contribution in [3.63, 3.8) is 0 Å². The SMILES string of the molecule is Cc1ccccc1CN1CCCN(C(=O)CCN2C(=O)c3ccccc3C2=O)CC1. The Morgan fingerprint density at radius 2 is 1.53 bits per heavy atom. The summed E-state index contributed by atoms with van der Waals surface area (Å²) in [6.07, 6.45) is 1.09. The van der Waals surface area contributed by atoms with E-state index >= 15 is 0 Å². The summed E-state index contributed by atoms with van der Waals surface area (Å²) in [7, 11) is 0. The summed E-state index contributed by atoms with van der Waals surface area (Å²) in [5.41, 5.74) is 3.46. The van der Waals surface area contributed by atoms with Gasteiger partial charge in [0, 0.05) is 45.7 Å². The Bertz CT molecular complexity index is 937. The van der Waals surface area contributed by atoms with Gasteiger partial charge in [-0.25, -0.2) is 0 Å². The van der Waals surface area contributed by atoms with Crippen LogP contribution >= 0.6 is 0 Å². The molecular formula is C24H27N3O3. The number of imide groups is 1. The number of carbonyl (C=O) groups excluding carboxylic acids is 3. The number of carbonyl (C=O) groups is 3. The van der Waals surface area contributed by atoms with E-state index in [0.717, 1.165) is 26.1 Å². The first kappa shape index (κ1) is 20.3. The third-order valence-corrected chi connectivity index (χ3v) is 6.02. The van der Waals surface area contributed by atoms with E-state index in [1.807, 2.05) is 4.90 Å². The largest absolute Gasteiger partial charge is 0.341 e. The fraction of sp³-hybridized carbons (Fsp3) is 0.375. The van der Waals surface area contributed by atoms with Gasteiger partial charge in [0.15, 0.2) is 0 Å². The zero-order chi connectivity index (χ0) is 21.1. The van der Waals surface area contributed by atoms with Crippen LogP contribution in [0.5, 0.6) is 0 Å². The van der Waals surface area contributed by atoms with Gasteiger partial charge in [-0.05, 0) is 36.6 Å². The molecule has 0 aromatic heterocycles. The highest BCUT2D eigenvalue weighted by molar-refractivity contribution is 6.21. The van der Waals surface area contributed by atoms with Crippen LogP contribution in [0.2, 0.25) is 0 Å². The van der Waals surface area contributed by atoms with Gasteiger partial charge in [0.05, 0.1) is 11.1 Å². The lowest BCUT2D eigenvalue weighted by Gasteiger charge is -2.23. The highest BCUT2D eigenvalue weighted by atomic mass is 16.2. The van der Waals surface area contributed by atoms with Crippen LogP contribution in [0.3, 0.4) is 0 Å². The lowest BCUT2D eigenvalue weighted by atomic mass is 10.1. The Morgan fingerprint density at radius 3 is 2.23 bits per heavy atom. The third-order valence-electron chi connectivity index (χ3n) is 6.02. The number of benzene rings is 2. The van der Waals surface area contributed by atoms with E-state index in [-0.39, 0.29) is 30.7 Å². The van der Waals surface area contributed by atoms with Gasteiger partial charge in [-0.15, -0.1) is 0 Å². The fourth-order valence-electron chi connectivity index (χ4n) is 4.21. The van der Waals surface area contributed by atoms with Crippen LogP contribution in [0.25, 0.3) is 0 Å². The van der Waals surface area contributed by atoms with Crippen LogP contribution in [-0.2, 0) is 11.3 Å². The average molecular weight is 405 g/mol. The zero-order valence-electron chi connectivity index (χ0n) is 17.3. The van der Waals surface area contributed by atoms with Crippen LogP contribution in [0.1, 0.15) is 44.7 Å². The van der Waals surface area contributed by atoms with Crippen molar-refractivity contribution < 1.29 is 14.4 Å². The molecule has 0 N–H and O–H groups in total. The van der Waals surface area contributed by atoms with Crippen molar-refractivity contribution in [1.29, 1.82) is 0 Å². The number of rotatable bonds is 5. The molecule has 0 saturated carbocycles. The average Bonchev–Trinajstić information content (AvgIpc) is 2.90. The normalized spacial score (nSPS) is 17.2. The first-order valence-electron chi connectivity index (χ1n) is 10.5. The van der Waals surface area contributed by atoms with Gasteiger partial charge >= 0.3 is 0 Å². The molecule has 0 unspecified atom stereocenters. The molecule has 6 nitrogen and oxygen atoms in total. The van der Waals surface area contributed by atoms with Gasteiger partial charge in [-0.3, -0.25) is 24.2 Å². The van der Waals surface area contributed by atoms with Gasteiger partial charge in [0.2, 0.25) is 5.91 Å². The number of aryl methyl sites for hydroxylation is 1. The molecule has 1 fully saturated rings. The van der Waals surface area contributed by atoms with Crippen molar-refractivity contribution in [1.82, 2.24) is 14.7 Å². The van der Waals surface area contributed by atoms with Gasteiger partial charge in [-0.2, -0.15) is 0 Å². The Morgan fingerprint density at radius 1 is 0.867 bits per heavy atom. The van der Waals surface area contributed by atoms with Crippen molar-refractivity contribution in [3.05, 3.63) is 70.8 Å². The smallest absolute Gasteiger partial charge is 0.261 e. The van der Waals surface area contributed by atoms with Crippen molar-refractivity contribution >= 4 is 17.7 Å². The number of hydrogen-bond acceptors (Lipinski definition) is 4. The molecule has 0 radical (unpaired) electrons. The zero-order valence-corrected chi connectivity index (χ0v) is 17.3. The number of amides is 3. The molecule has 2 aromatic carbocycles. The quantitative estimate of drug-likeness (QED) is 0.718. The molecule has 2 aliphatic rings. The Kier molecular flexibility index (Phi) is 5.95. The number of fused-ring (bicyclic) bond motifs is 1. The molecule has 156 valence electrons. The van der Waals surface area contributed by atoms with Crippen molar-refractivity contribution in [3.8, 4) is 0 Å². The van der Waals surface area contributed by atoms with E-state index in [9.17, 15) is 14.4 Å². The van der Waals surface area contributed by atoms with E-state index in [4.69, 9.17) is 0 Å². The summed E-state index contributed by atoms with van der Waals surface area (Å²) in [6, 6.07) is 15.2. The van der Waals surface area contributed by atoms with Crippen molar-refractivity contribution in [2.45, 2.75) is 26.3 Å². The molecule has 0 bridgehead atoms. The Balaban J connectivity index is 1.30. The summed E-state index contributed by atoms with van der Waals surface area (Å²) in [5, 5.41) is 0. The maximum atomic E-state index is 12.8. The minimum absolute atomic E-state index is 0.00398. The summed E-state index contributed by atoms with van der Waals surface area (Å²) in [6.45, 7) is 6.32. The predicted molar refractivity (Wildman–Crippen MR) is 114 cm³/mol. The Hall–Kier alpha value is -2.99. The van der Waals surface area contributed by atoms with E-state index in [2.05, 4.69) is 36.1 Å². The molecule has 0 aliphatic carbocycles. The highest BCUT2D eigenvalue weighted by Gasteiger charge is 2.35. The molecule has 4 rings (SSSR count). The van der Waals surface area contributed by atoms with Gasteiger partial charge in [0.1, 0.15) is 0 Å². The maximum Gasteiger partial charge on any atom is 0.261 e. The van der Waals surface area contributed by atoms with Gasteiger partial charge in [-0.1, -0.05) is 36.4 Å². The summed E-state index contributed by atoms with van der Waals surface area (Å²) in [4.78, 5) is 43.2.